The molecule has 0 aliphatic carbocycles. The molecule has 2 aromatic rings. The van der Waals surface area contributed by atoms with E-state index in [0.717, 1.165) is 0 Å². The predicted octanol–water partition coefficient (Wildman–Crippen LogP) is 2.83. The highest BCUT2D eigenvalue weighted by molar-refractivity contribution is 6.30. The molecule has 0 radical (unpaired) electrons. The van der Waals surface area contributed by atoms with Crippen LogP contribution in [-0.4, -0.2) is 18.4 Å². The van der Waals surface area contributed by atoms with Crippen LogP contribution in [0.15, 0.2) is 48.5 Å². The van der Waals surface area contributed by atoms with E-state index in [4.69, 9.17) is 27.9 Å². The van der Waals surface area contributed by atoms with Gasteiger partial charge < -0.3 is 4.74 Å². The smallest absolute Gasteiger partial charge is 0.276 e. The third kappa shape index (κ3) is 4.95. The number of hydrazine groups is 1. The van der Waals surface area contributed by atoms with Gasteiger partial charge in [-0.05, 0) is 48.5 Å². The zero-order chi connectivity index (χ0) is 15.9. The molecule has 0 heterocycles. The lowest BCUT2D eigenvalue weighted by molar-refractivity contribution is -0.123. The van der Waals surface area contributed by atoms with Crippen molar-refractivity contribution in [1.82, 2.24) is 10.9 Å². The summed E-state index contributed by atoms with van der Waals surface area (Å²) in [6.07, 6.45) is 0. The zero-order valence-electron chi connectivity index (χ0n) is 11.3. The molecule has 0 bridgehead atoms. The van der Waals surface area contributed by atoms with E-state index < -0.39 is 11.8 Å². The van der Waals surface area contributed by atoms with E-state index in [1.807, 2.05) is 0 Å². The molecule has 0 saturated carbocycles. The monoisotopic (exact) mass is 338 g/mol. The van der Waals surface area contributed by atoms with Crippen molar-refractivity contribution in [3.05, 3.63) is 64.1 Å². The predicted molar refractivity (Wildman–Crippen MR) is 84.0 cm³/mol. The van der Waals surface area contributed by atoms with Crippen molar-refractivity contribution in [2.45, 2.75) is 0 Å². The second-order valence-corrected chi connectivity index (χ2v) is 5.12. The van der Waals surface area contributed by atoms with Crippen LogP contribution in [0.4, 0.5) is 0 Å². The Labute approximate surface area is 137 Å². The van der Waals surface area contributed by atoms with Gasteiger partial charge in [-0.15, -0.1) is 0 Å². The van der Waals surface area contributed by atoms with Gasteiger partial charge in [0.05, 0.1) is 0 Å². The average molecular weight is 339 g/mol. The van der Waals surface area contributed by atoms with E-state index in [1.165, 1.54) is 0 Å². The van der Waals surface area contributed by atoms with Crippen molar-refractivity contribution in [3.63, 3.8) is 0 Å². The van der Waals surface area contributed by atoms with Crippen LogP contribution in [-0.2, 0) is 4.79 Å². The molecule has 2 aromatic carbocycles. The molecule has 0 fully saturated rings. The number of amides is 2. The normalized spacial score (nSPS) is 9.91. The van der Waals surface area contributed by atoms with E-state index in [-0.39, 0.29) is 6.61 Å². The van der Waals surface area contributed by atoms with Gasteiger partial charge in [-0.2, -0.15) is 0 Å². The molecule has 0 aromatic heterocycles. The molecule has 0 atom stereocenters. The van der Waals surface area contributed by atoms with Crippen LogP contribution >= 0.6 is 23.2 Å². The lowest BCUT2D eigenvalue weighted by Gasteiger charge is -2.09. The Kier molecular flexibility index (Phi) is 5.63. The summed E-state index contributed by atoms with van der Waals surface area (Å²) in [5.74, 6) is -0.433. The highest BCUT2D eigenvalue weighted by Gasteiger charge is 2.07. The number of halogens is 2. The fourth-order valence-electron chi connectivity index (χ4n) is 1.52. The van der Waals surface area contributed by atoms with Gasteiger partial charge in [0.2, 0.25) is 0 Å². The van der Waals surface area contributed by atoms with Gasteiger partial charge in [0, 0.05) is 15.6 Å². The SMILES string of the molecule is O=C(COc1ccc(Cl)cc1)NNC(=O)c1ccc(Cl)cc1. The topological polar surface area (TPSA) is 67.4 Å². The summed E-state index contributed by atoms with van der Waals surface area (Å²) in [5, 5.41) is 1.10. The summed E-state index contributed by atoms with van der Waals surface area (Å²) in [6, 6.07) is 12.9. The summed E-state index contributed by atoms with van der Waals surface area (Å²) in [7, 11) is 0. The first-order valence-corrected chi connectivity index (χ1v) is 7.03. The molecule has 2 rings (SSSR count). The Morgan fingerprint density at radius 1 is 0.864 bits per heavy atom. The first kappa shape index (κ1) is 16.1. The molecule has 114 valence electrons. The Hall–Kier alpha value is -2.24. The van der Waals surface area contributed by atoms with Crippen LogP contribution in [0.25, 0.3) is 0 Å². The Balaban J connectivity index is 1.76. The van der Waals surface area contributed by atoms with Gasteiger partial charge in [0.1, 0.15) is 5.75 Å². The van der Waals surface area contributed by atoms with Gasteiger partial charge in [0.25, 0.3) is 11.8 Å². The van der Waals surface area contributed by atoms with Crippen LogP contribution < -0.4 is 15.6 Å². The van der Waals surface area contributed by atoms with Crippen LogP contribution in [0.1, 0.15) is 10.4 Å². The van der Waals surface area contributed by atoms with E-state index in [9.17, 15) is 9.59 Å². The molecule has 0 spiro atoms. The average Bonchev–Trinajstić information content (AvgIpc) is 2.52. The number of carbonyl (C=O) groups is 2. The minimum atomic E-state index is -0.489. The van der Waals surface area contributed by atoms with Crippen LogP contribution in [0, 0.1) is 0 Å². The quantitative estimate of drug-likeness (QED) is 0.842. The van der Waals surface area contributed by atoms with Crippen LogP contribution in [0.5, 0.6) is 5.75 Å². The fraction of sp³-hybridized carbons (Fsp3) is 0.0667. The lowest BCUT2D eigenvalue weighted by atomic mass is 10.2. The maximum atomic E-state index is 11.7. The van der Waals surface area contributed by atoms with Crippen molar-refractivity contribution in [1.29, 1.82) is 0 Å². The van der Waals surface area contributed by atoms with Gasteiger partial charge in [-0.3, -0.25) is 20.4 Å². The maximum absolute atomic E-state index is 11.7. The number of ether oxygens (including phenoxy) is 1. The highest BCUT2D eigenvalue weighted by atomic mass is 35.5. The van der Waals surface area contributed by atoms with Crippen molar-refractivity contribution < 1.29 is 14.3 Å². The second-order valence-electron chi connectivity index (χ2n) is 4.25. The van der Waals surface area contributed by atoms with E-state index in [2.05, 4.69) is 10.9 Å². The molecule has 0 unspecified atom stereocenters. The third-order valence-corrected chi connectivity index (χ3v) is 3.11. The van der Waals surface area contributed by atoms with Gasteiger partial charge in [0.15, 0.2) is 6.61 Å². The molecule has 22 heavy (non-hydrogen) atoms. The largest absolute Gasteiger partial charge is 0.484 e. The Morgan fingerprint density at radius 2 is 1.41 bits per heavy atom. The molecular formula is C15H12Cl2N2O3. The molecule has 0 saturated heterocycles. The van der Waals surface area contributed by atoms with E-state index in [0.29, 0.717) is 21.4 Å². The van der Waals surface area contributed by atoms with E-state index in [1.54, 1.807) is 48.5 Å². The standard InChI is InChI=1S/C15H12Cl2N2O3/c16-11-3-1-10(2-4-11)15(21)19-18-14(20)9-22-13-7-5-12(17)6-8-13/h1-8H,9H2,(H,18,20)(H,19,21). The molecule has 7 heteroatoms. The van der Waals surface area contributed by atoms with Crippen molar-refractivity contribution in [2.24, 2.45) is 0 Å². The number of carbonyl (C=O) groups excluding carboxylic acids is 2. The minimum Gasteiger partial charge on any atom is -0.484 e. The summed E-state index contributed by atoms with van der Waals surface area (Å²) in [5.41, 5.74) is 4.91. The summed E-state index contributed by atoms with van der Waals surface area (Å²) < 4.78 is 5.24. The first-order valence-electron chi connectivity index (χ1n) is 6.28. The van der Waals surface area contributed by atoms with Gasteiger partial charge >= 0.3 is 0 Å². The number of benzene rings is 2. The molecule has 2 N–H and O–H groups in total. The summed E-state index contributed by atoms with van der Waals surface area (Å²) in [4.78, 5) is 23.3. The highest BCUT2D eigenvalue weighted by Crippen LogP contribution is 2.15. The van der Waals surface area contributed by atoms with Crippen LogP contribution in [0.2, 0.25) is 10.0 Å². The van der Waals surface area contributed by atoms with Crippen LogP contribution in [0.3, 0.4) is 0 Å². The third-order valence-electron chi connectivity index (χ3n) is 2.61. The summed E-state index contributed by atoms with van der Waals surface area (Å²) >= 11 is 11.5. The summed E-state index contributed by atoms with van der Waals surface area (Å²) in [6.45, 7) is -0.234. The van der Waals surface area contributed by atoms with Gasteiger partial charge in [-0.1, -0.05) is 23.2 Å². The second kappa shape index (κ2) is 7.68. The molecule has 0 aliphatic heterocycles. The molecule has 5 nitrogen and oxygen atoms in total. The van der Waals surface area contributed by atoms with Crippen molar-refractivity contribution >= 4 is 35.0 Å². The molecular weight excluding hydrogens is 327 g/mol. The minimum absolute atomic E-state index is 0.234. The Morgan fingerprint density at radius 3 is 2.00 bits per heavy atom. The molecule has 2 amide bonds. The number of hydrogen-bond acceptors (Lipinski definition) is 3. The zero-order valence-corrected chi connectivity index (χ0v) is 12.8. The number of hydrogen-bond donors (Lipinski definition) is 2. The fourth-order valence-corrected chi connectivity index (χ4v) is 1.77. The van der Waals surface area contributed by atoms with Gasteiger partial charge in [-0.25, -0.2) is 0 Å². The Bertz CT molecular complexity index is 657. The van der Waals surface area contributed by atoms with E-state index >= 15 is 0 Å². The first-order chi connectivity index (χ1) is 10.5. The lowest BCUT2D eigenvalue weighted by Crippen LogP contribution is -2.43. The number of rotatable bonds is 4. The van der Waals surface area contributed by atoms with Crippen molar-refractivity contribution in [3.8, 4) is 5.75 Å². The number of nitrogens with one attached hydrogen (secondary N) is 2. The molecule has 0 aliphatic rings. The maximum Gasteiger partial charge on any atom is 0.276 e. The van der Waals surface area contributed by atoms with Crippen molar-refractivity contribution in [2.75, 3.05) is 6.61 Å².